The molecule has 0 saturated heterocycles. The summed E-state index contributed by atoms with van der Waals surface area (Å²) < 4.78 is 12.5. The van der Waals surface area contributed by atoms with Crippen molar-refractivity contribution in [2.75, 3.05) is 0 Å². The fourth-order valence-electron chi connectivity index (χ4n) is 5.29. The second kappa shape index (κ2) is 8.12. The first-order valence-electron chi connectivity index (χ1n) is 11.6. The molecule has 1 spiro atoms. The van der Waals surface area contributed by atoms with Crippen molar-refractivity contribution in [1.29, 1.82) is 0 Å². The van der Waals surface area contributed by atoms with Crippen LogP contribution in [0.2, 0.25) is 0 Å². The predicted octanol–water partition coefficient (Wildman–Crippen LogP) is 6.29. The SMILES string of the molecule is Cc1c(C(=O)NC(C)c2ccccc2)oc2ccc3c(c12)C(=O)CC1(CCCCCC1)O3. The Labute approximate surface area is 188 Å². The maximum Gasteiger partial charge on any atom is 0.287 e. The number of carbonyl (C=O) groups is 2. The van der Waals surface area contributed by atoms with Gasteiger partial charge in [-0.3, -0.25) is 9.59 Å². The van der Waals surface area contributed by atoms with Gasteiger partial charge in [0.05, 0.1) is 18.0 Å². The first-order valence-corrected chi connectivity index (χ1v) is 11.6. The van der Waals surface area contributed by atoms with Gasteiger partial charge in [-0.15, -0.1) is 0 Å². The summed E-state index contributed by atoms with van der Waals surface area (Å²) in [6.45, 7) is 3.79. The maximum absolute atomic E-state index is 13.4. The van der Waals surface area contributed by atoms with Gasteiger partial charge in [0.15, 0.2) is 11.5 Å². The number of rotatable bonds is 3. The number of carbonyl (C=O) groups excluding carboxylic acids is 2. The average molecular weight is 432 g/mol. The quantitative estimate of drug-likeness (QED) is 0.529. The van der Waals surface area contributed by atoms with E-state index in [1.807, 2.05) is 56.3 Å². The molecule has 5 rings (SSSR count). The second-order valence-corrected chi connectivity index (χ2v) is 9.27. The Kier molecular flexibility index (Phi) is 5.28. The number of benzene rings is 2. The molecule has 1 unspecified atom stereocenters. The highest BCUT2D eigenvalue weighted by atomic mass is 16.5. The van der Waals surface area contributed by atoms with Crippen molar-refractivity contribution in [3.63, 3.8) is 0 Å². The zero-order chi connectivity index (χ0) is 22.3. The molecule has 1 amide bonds. The molecular weight excluding hydrogens is 402 g/mol. The van der Waals surface area contributed by atoms with Crippen LogP contribution in [0, 0.1) is 6.92 Å². The Bertz CT molecular complexity index is 1170. The zero-order valence-corrected chi connectivity index (χ0v) is 18.7. The first-order chi connectivity index (χ1) is 15.5. The van der Waals surface area contributed by atoms with E-state index in [9.17, 15) is 9.59 Å². The third-order valence-electron chi connectivity index (χ3n) is 7.01. The van der Waals surface area contributed by atoms with Gasteiger partial charge in [-0.25, -0.2) is 0 Å². The molecule has 2 heterocycles. The number of ketones is 1. The van der Waals surface area contributed by atoms with E-state index in [2.05, 4.69) is 5.32 Å². The Morgan fingerprint density at radius 1 is 1.03 bits per heavy atom. The highest BCUT2D eigenvalue weighted by Crippen LogP contribution is 2.44. The molecule has 2 aliphatic rings. The molecule has 1 aliphatic carbocycles. The molecule has 5 nitrogen and oxygen atoms in total. The van der Waals surface area contributed by atoms with Gasteiger partial charge < -0.3 is 14.5 Å². The minimum atomic E-state index is -0.378. The van der Waals surface area contributed by atoms with Gasteiger partial charge >= 0.3 is 0 Å². The molecule has 1 aromatic heterocycles. The number of amides is 1. The first kappa shape index (κ1) is 20.8. The van der Waals surface area contributed by atoms with Crippen molar-refractivity contribution < 1.29 is 18.7 Å². The molecule has 1 saturated carbocycles. The maximum atomic E-state index is 13.4. The molecule has 5 heteroatoms. The van der Waals surface area contributed by atoms with Crippen molar-refractivity contribution in [3.8, 4) is 5.75 Å². The van der Waals surface area contributed by atoms with Gasteiger partial charge in [0.2, 0.25) is 0 Å². The molecule has 166 valence electrons. The van der Waals surface area contributed by atoms with Gasteiger partial charge in [-0.2, -0.15) is 0 Å². The van der Waals surface area contributed by atoms with E-state index >= 15 is 0 Å². The van der Waals surface area contributed by atoms with E-state index in [0.29, 0.717) is 34.3 Å². The van der Waals surface area contributed by atoms with Gasteiger partial charge in [0.1, 0.15) is 16.9 Å². The highest BCUT2D eigenvalue weighted by Gasteiger charge is 2.42. The van der Waals surface area contributed by atoms with E-state index < -0.39 is 0 Å². The highest BCUT2D eigenvalue weighted by molar-refractivity contribution is 6.13. The van der Waals surface area contributed by atoms with E-state index in [1.165, 1.54) is 12.8 Å². The van der Waals surface area contributed by atoms with Crippen LogP contribution in [0.25, 0.3) is 11.0 Å². The van der Waals surface area contributed by atoms with Crippen LogP contribution >= 0.6 is 0 Å². The fraction of sp³-hybridized carbons (Fsp3) is 0.407. The summed E-state index contributed by atoms with van der Waals surface area (Å²) in [6, 6.07) is 13.3. The van der Waals surface area contributed by atoms with Crippen LogP contribution in [0.5, 0.6) is 5.75 Å². The van der Waals surface area contributed by atoms with Crippen molar-refractivity contribution in [2.24, 2.45) is 0 Å². The van der Waals surface area contributed by atoms with Crippen LogP contribution in [-0.2, 0) is 0 Å². The van der Waals surface area contributed by atoms with Crippen LogP contribution in [0.15, 0.2) is 46.9 Å². The van der Waals surface area contributed by atoms with Gasteiger partial charge in [-0.05, 0) is 57.2 Å². The lowest BCUT2D eigenvalue weighted by atomic mass is 9.83. The summed E-state index contributed by atoms with van der Waals surface area (Å²) >= 11 is 0. The smallest absolute Gasteiger partial charge is 0.287 e. The molecule has 32 heavy (non-hydrogen) atoms. The van der Waals surface area contributed by atoms with E-state index in [1.54, 1.807) is 0 Å². The number of fused-ring (bicyclic) bond motifs is 3. The lowest BCUT2D eigenvalue weighted by molar-refractivity contribution is 0.0301. The van der Waals surface area contributed by atoms with E-state index in [-0.39, 0.29) is 29.1 Å². The lowest BCUT2D eigenvalue weighted by Crippen LogP contribution is -2.41. The summed E-state index contributed by atoms with van der Waals surface area (Å²) in [6.07, 6.45) is 6.84. The van der Waals surface area contributed by atoms with Crippen LogP contribution in [0.1, 0.15) is 90.0 Å². The summed E-state index contributed by atoms with van der Waals surface area (Å²) in [5.41, 5.74) is 2.44. The number of hydrogen-bond acceptors (Lipinski definition) is 4. The van der Waals surface area contributed by atoms with Crippen molar-refractivity contribution >= 4 is 22.7 Å². The monoisotopic (exact) mass is 431 g/mol. The molecule has 1 atom stereocenters. The van der Waals surface area contributed by atoms with Crippen LogP contribution < -0.4 is 10.1 Å². The summed E-state index contributed by atoms with van der Waals surface area (Å²) in [5.74, 6) is 0.684. The number of hydrogen-bond donors (Lipinski definition) is 1. The molecule has 1 N–H and O–H groups in total. The molecule has 2 aromatic carbocycles. The third-order valence-corrected chi connectivity index (χ3v) is 7.01. The van der Waals surface area contributed by atoms with Gasteiger partial charge in [0.25, 0.3) is 5.91 Å². The minimum absolute atomic E-state index is 0.0901. The molecule has 0 radical (unpaired) electrons. The number of aryl methyl sites for hydroxylation is 1. The lowest BCUT2D eigenvalue weighted by Gasteiger charge is -2.37. The molecule has 1 fully saturated rings. The summed E-state index contributed by atoms with van der Waals surface area (Å²) in [5, 5.41) is 3.71. The fourth-order valence-corrected chi connectivity index (χ4v) is 5.29. The Balaban J connectivity index is 1.48. The number of Topliss-reactive ketones (excluding diaryl/α,β-unsaturated/α-hetero) is 1. The van der Waals surface area contributed by atoms with E-state index in [0.717, 1.165) is 31.2 Å². The average Bonchev–Trinajstić information content (AvgIpc) is 2.97. The van der Waals surface area contributed by atoms with Gasteiger partial charge in [0, 0.05) is 10.9 Å². The number of ether oxygens (including phenoxy) is 1. The number of furan rings is 1. The summed E-state index contributed by atoms with van der Waals surface area (Å²) in [4.78, 5) is 26.4. The van der Waals surface area contributed by atoms with Crippen LogP contribution in [-0.4, -0.2) is 17.3 Å². The van der Waals surface area contributed by atoms with Crippen molar-refractivity contribution in [1.82, 2.24) is 5.32 Å². The topological polar surface area (TPSA) is 68.5 Å². The third kappa shape index (κ3) is 3.60. The van der Waals surface area contributed by atoms with E-state index in [4.69, 9.17) is 9.15 Å². The molecule has 3 aromatic rings. The Morgan fingerprint density at radius 2 is 1.75 bits per heavy atom. The van der Waals surface area contributed by atoms with Crippen molar-refractivity contribution in [3.05, 3.63) is 64.9 Å². The Hall–Kier alpha value is -3.08. The molecule has 0 bridgehead atoms. The van der Waals surface area contributed by atoms with Crippen LogP contribution in [0.4, 0.5) is 0 Å². The standard InChI is InChI=1S/C27H29NO4/c1-17-23-21(31-25(17)26(30)28-18(2)19-10-6-5-7-11-19)12-13-22-24(23)20(29)16-27(32-22)14-8-3-4-9-15-27/h5-7,10-13,18H,3-4,8-9,14-16H2,1-2H3,(H,28,30). The van der Waals surface area contributed by atoms with Crippen LogP contribution in [0.3, 0.4) is 0 Å². The Morgan fingerprint density at radius 3 is 2.47 bits per heavy atom. The second-order valence-electron chi connectivity index (χ2n) is 9.27. The zero-order valence-electron chi connectivity index (χ0n) is 18.7. The largest absolute Gasteiger partial charge is 0.486 e. The summed E-state index contributed by atoms with van der Waals surface area (Å²) in [7, 11) is 0. The molecular formula is C27H29NO4. The minimum Gasteiger partial charge on any atom is -0.486 e. The normalized spacial score (nSPS) is 18.6. The predicted molar refractivity (Wildman–Crippen MR) is 123 cm³/mol. The molecule has 1 aliphatic heterocycles. The number of nitrogens with one attached hydrogen (secondary N) is 1. The van der Waals surface area contributed by atoms with Gasteiger partial charge in [-0.1, -0.05) is 43.2 Å². The van der Waals surface area contributed by atoms with Crippen molar-refractivity contribution in [2.45, 2.75) is 70.4 Å².